The van der Waals surface area contributed by atoms with Crippen LogP contribution in [0.25, 0.3) is 0 Å². The van der Waals surface area contributed by atoms with Gasteiger partial charge in [-0.25, -0.2) is 4.72 Å². The van der Waals surface area contributed by atoms with E-state index >= 15 is 0 Å². The summed E-state index contributed by atoms with van der Waals surface area (Å²) in [4.78, 5) is 0. The van der Waals surface area contributed by atoms with E-state index in [0.29, 0.717) is 19.6 Å². The van der Waals surface area contributed by atoms with Crippen LogP contribution in [0, 0.1) is 0 Å². The molecular formula is C9H12NO3S-. The van der Waals surface area contributed by atoms with Crippen molar-refractivity contribution in [3.05, 3.63) is 30.3 Å². The van der Waals surface area contributed by atoms with Gasteiger partial charge in [0.2, 0.25) is 0 Å². The molecule has 1 aromatic carbocycles. The van der Waals surface area contributed by atoms with Gasteiger partial charge in [0.05, 0.1) is 6.61 Å². The topological polar surface area (TPSA) is 61.4 Å². The smallest absolute Gasteiger partial charge is 0.119 e. The van der Waals surface area contributed by atoms with Crippen molar-refractivity contribution in [2.75, 3.05) is 13.2 Å². The first kappa shape index (κ1) is 11.2. The average molecular weight is 214 g/mol. The molecule has 1 unspecified atom stereocenters. The lowest BCUT2D eigenvalue weighted by Crippen LogP contribution is -2.19. The van der Waals surface area contributed by atoms with Crippen molar-refractivity contribution in [1.82, 2.24) is 4.72 Å². The molecule has 0 aliphatic carbocycles. The number of hydrogen-bond donors (Lipinski definition) is 1. The second-order valence-electron chi connectivity index (χ2n) is 2.64. The molecule has 0 bridgehead atoms. The van der Waals surface area contributed by atoms with Gasteiger partial charge in [-0.2, -0.15) is 0 Å². The van der Waals surface area contributed by atoms with Gasteiger partial charge < -0.3 is 9.29 Å². The molecule has 0 heterocycles. The molecule has 0 fully saturated rings. The van der Waals surface area contributed by atoms with E-state index in [4.69, 9.17) is 4.74 Å². The molecule has 14 heavy (non-hydrogen) atoms. The van der Waals surface area contributed by atoms with Crippen molar-refractivity contribution in [2.24, 2.45) is 0 Å². The summed E-state index contributed by atoms with van der Waals surface area (Å²) in [6, 6.07) is 9.41. The summed E-state index contributed by atoms with van der Waals surface area (Å²) >= 11 is -2.17. The third-order valence-corrected chi connectivity index (χ3v) is 1.99. The summed E-state index contributed by atoms with van der Waals surface area (Å²) in [6.45, 7) is 0.914. The van der Waals surface area contributed by atoms with Gasteiger partial charge in [0, 0.05) is 17.8 Å². The number of benzene rings is 1. The van der Waals surface area contributed by atoms with Crippen LogP contribution in [0.15, 0.2) is 30.3 Å². The van der Waals surface area contributed by atoms with Crippen LogP contribution in [-0.2, 0) is 11.3 Å². The highest BCUT2D eigenvalue weighted by Gasteiger charge is 1.91. The minimum absolute atomic E-state index is 0.406. The monoisotopic (exact) mass is 214 g/mol. The fraction of sp³-hybridized carbons (Fsp3) is 0.333. The fourth-order valence-electron chi connectivity index (χ4n) is 0.934. The molecule has 0 amide bonds. The van der Waals surface area contributed by atoms with Crippen molar-refractivity contribution in [1.29, 1.82) is 0 Å². The van der Waals surface area contributed by atoms with Gasteiger partial charge in [0.15, 0.2) is 0 Å². The highest BCUT2D eigenvalue weighted by molar-refractivity contribution is 7.77. The lowest BCUT2D eigenvalue weighted by Gasteiger charge is -2.08. The van der Waals surface area contributed by atoms with Crippen LogP contribution in [0.2, 0.25) is 0 Å². The largest absolute Gasteiger partial charge is 0.760 e. The van der Waals surface area contributed by atoms with E-state index in [1.165, 1.54) is 0 Å². The van der Waals surface area contributed by atoms with Crippen LogP contribution < -0.4 is 9.46 Å². The Morgan fingerprint density at radius 3 is 2.71 bits per heavy atom. The number of nitrogens with one attached hydrogen (secondary N) is 1. The van der Waals surface area contributed by atoms with Crippen molar-refractivity contribution in [3.8, 4) is 5.75 Å². The Labute approximate surface area is 85.7 Å². The minimum atomic E-state index is -2.17. The maximum atomic E-state index is 10.1. The lowest BCUT2D eigenvalue weighted by atomic mass is 10.3. The summed E-state index contributed by atoms with van der Waals surface area (Å²) in [6.07, 6.45) is 0.656. The Balaban J connectivity index is 2.08. The van der Waals surface area contributed by atoms with E-state index in [9.17, 15) is 8.76 Å². The molecule has 1 atom stereocenters. The van der Waals surface area contributed by atoms with E-state index in [2.05, 4.69) is 4.72 Å². The Morgan fingerprint density at radius 1 is 1.36 bits per heavy atom. The summed E-state index contributed by atoms with van der Waals surface area (Å²) < 4.78 is 27.8. The van der Waals surface area contributed by atoms with Crippen LogP contribution in [-0.4, -0.2) is 21.9 Å². The molecule has 0 aromatic heterocycles. The van der Waals surface area contributed by atoms with E-state index < -0.39 is 11.3 Å². The molecule has 0 radical (unpaired) electrons. The van der Waals surface area contributed by atoms with Gasteiger partial charge >= 0.3 is 0 Å². The van der Waals surface area contributed by atoms with Gasteiger partial charge in [-0.15, -0.1) is 0 Å². The fourth-order valence-corrected chi connectivity index (χ4v) is 1.25. The molecule has 0 spiro atoms. The number of rotatable bonds is 6. The second kappa shape index (κ2) is 6.53. The zero-order valence-corrected chi connectivity index (χ0v) is 8.46. The molecule has 0 aliphatic rings. The zero-order chi connectivity index (χ0) is 10.2. The zero-order valence-electron chi connectivity index (χ0n) is 7.64. The quantitative estimate of drug-likeness (QED) is 0.564. The molecular weight excluding hydrogens is 202 g/mol. The molecule has 0 saturated carbocycles. The number of hydrogen-bond acceptors (Lipinski definition) is 3. The van der Waals surface area contributed by atoms with Crippen molar-refractivity contribution >= 4 is 11.3 Å². The predicted octanol–water partition coefficient (Wildman–Crippen LogP) is 0.839. The van der Waals surface area contributed by atoms with E-state index in [1.54, 1.807) is 0 Å². The average Bonchev–Trinajstić information content (AvgIpc) is 2.18. The molecule has 5 heteroatoms. The first-order valence-electron chi connectivity index (χ1n) is 4.29. The SMILES string of the molecule is O=S([O-])NCCCOc1ccccc1. The summed E-state index contributed by atoms with van der Waals surface area (Å²) in [5.74, 6) is 0.802. The van der Waals surface area contributed by atoms with Gasteiger partial charge in [-0.1, -0.05) is 18.2 Å². The van der Waals surface area contributed by atoms with Crippen molar-refractivity contribution in [3.63, 3.8) is 0 Å². The highest BCUT2D eigenvalue weighted by atomic mass is 32.2. The van der Waals surface area contributed by atoms with Crippen LogP contribution in [0.4, 0.5) is 0 Å². The van der Waals surface area contributed by atoms with Crippen LogP contribution >= 0.6 is 0 Å². The first-order valence-corrected chi connectivity index (χ1v) is 5.37. The molecule has 0 aliphatic heterocycles. The second-order valence-corrected chi connectivity index (χ2v) is 3.40. The highest BCUT2D eigenvalue weighted by Crippen LogP contribution is 2.07. The Morgan fingerprint density at radius 2 is 2.07 bits per heavy atom. The lowest BCUT2D eigenvalue weighted by molar-refractivity contribution is 0.311. The number of para-hydroxylation sites is 1. The van der Waals surface area contributed by atoms with Gasteiger partial charge in [0.25, 0.3) is 0 Å². The summed E-state index contributed by atoms with van der Waals surface area (Å²) in [7, 11) is 0. The van der Waals surface area contributed by atoms with Gasteiger partial charge in [-0.3, -0.25) is 4.21 Å². The Kier molecular flexibility index (Phi) is 5.21. The van der Waals surface area contributed by atoms with Crippen molar-refractivity contribution < 1.29 is 13.5 Å². The van der Waals surface area contributed by atoms with Crippen LogP contribution in [0.1, 0.15) is 6.42 Å². The maximum Gasteiger partial charge on any atom is 0.119 e. The molecule has 1 rings (SSSR count). The van der Waals surface area contributed by atoms with Crippen LogP contribution in [0.5, 0.6) is 5.75 Å². The van der Waals surface area contributed by atoms with E-state index in [0.717, 1.165) is 5.75 Å². The predicted molar refractivity (Wildman–Crippen MR) is 53.5 cm³/mol. The van der Waals surface area contributed by atoms with Crippen LogP contribution in [0.3, 0.4) is 0 Å². The van der Waals surface area contributed by atoms with Crippen molar-refractivity contribution in [2.45, 2.75) is 6.42 Å². The Hall–Kier alpha value is -0.910. The first-order chi connectivity index (χ1) is 6.79. The maximum absolute atomic E-state index is 10.1. The normalized spacial score (nSPS) is 12.4. The molecule has 1 N–H and O–H groups in total. The van der Waals surface area contributed by atoms with Gasteiger partial charge in [0.1, 0.15) is 5.75 Å². The third kappa shape index (κ3) is 4.96. The molecule has 4 nitrogen and oxygen atoms in total. The standard InChI is InChI=1S/C9H13NO3S/c11-14(12)10-7-4-8-13-9-5-2-1-3-6-9/h1-3,5-6,10H,4,7-8H2,(H,11,12)/p-1. The molecule has 78 valence electrons. The summed E-state index contributed by atoms with van der Waals surface area (Å²) in [5.41, 5.74) is 0. The third-order valence-electron chi connectivity index (χ3n) is 1.55. The Bertz CT molecular complexity index is 279. The minimum Gasteiger partial charge on any atom is -0.760 e. The number of ether oxygens (including phenoxy) is 1. The van der Waals surface area contributed by atoms with E-state index in [-0.39, 0.29) is 0 Å². The van der Waals surface area contributed by atoms with E-state index in [1.807, 2.05) is 30.3 Å². The molecule has 0 saturated heterocycles. The summed E-state index contributed by atoms with van der Waals surface area (Å²) in [5, 5.41) is 0. The molecule has 1 aromatic rings. The van der Waals surface area contributed by atoms with Gasteiger partial charge in [-0.05, 0) is 18.6 Å².